The van der Waals surface area contributed by atoms with Crippen LogP contribution in [0.4, 0.5) is 8.78 Å². The number of hydrogen-bond donors (Lipinski definition) is 0. The largest absolute Gasteiger partial charge is 0.203 e. The van der Waals surface area contributed by atoms with Crippen LogP contribution in [0.25, 0.3) is 33.4 Å². The molecule has 4 aromatic carbocycles. The Morgan fingerprint density at radius 3 is 1.32 bits per heavy atom. The van der Waals surface area contributed by atoms with Crippen LogP contribution in [0.15, 0.2) is 84.9 Å². The summed E-state index contributed by atoms with van der Waals surface area (Å²) in [5.41, 5.74) is 6.57. The van der Waals surface area contributed by atoms with Gasteiger partial charge >= 0.3 is 0 Å². The highest BCUT2D eigenvalue weighted by atomic mass is 19.2. The molecule has 0 saturated carbocycles. The van der Waals surface area contributed by atoms with E-state index in [1.807, 2.05) is 48.5 Å². The van der Waals surface area contributed by atoms with Crippen molar-refractivity contribution in [2.24, 2.45) is 0 Å². The number of benzene rings is 4. The van der Waals surface area contributed by atoms with Gasteiger partial charge in [0.1, 0.15) is 0 Å². The molecule has 0 aromatic heterocycles. The SMILES string of the molecule is CCCc1ccc(-c2ccc(-c3ccc(-c4ccc(CC)cc4)c(F)c3F)cc2)cc1. The fourth-order valence-corrected chi connectivity index (χ4v) is 3.91. The molecular weight excluding hydrogens is 386 g/mol. The van der Waals surface area contributed by atoms with Crippen molar-refractivity contribution >= 4 is 0 Å². The van der Waals surface area contributed by atoms with E-state index in [1.54, 1.807) is 12.1 Å². The zero-order chi connectivity index (χ0) is 21.8. The van der Waals surface area contributed by atoms with Crippen molar-refractivity contribution in [1.29, 1.82) is 0 Å². The molecule has 0 amide bonds. The first kappa shape index (κ1) is 21.0. The summed E-state index contributed by atoms with van der Waals surface area (Å²) in [6.07, 6.45) is 3.11. The molecule has 0 spiro atoms. The van der Waals surface area contributed by atoms with Gasteiger partial charge in [-0.25, -0.2) is 8.78 Å². The topological polar surface area (TPSA) is 0 Å². The molecule has 0 bridgehead atoms. The summed E-state index contributed by atoms with van der Waals surface area (Å²) in [4.78, 5) is 0. The summed E-state index contributed by atoms with van der Waals surface area (Å²) < 4.78 is 29.8. The highest BCUT2D eigenvalue weighted by Gasteiger charge is 2.16. The van der Waals surface area contributed by atoms with E-state index < -0.39 is 11.6 Å². The minimum atomic E-state index is -0.811. The average molecular weight is 413 g/mol. The van der Waals surface area contributed by atoms with Gasteiger partial charge in [-0.2, -0.15) is 0 Å². The zero-order valence-electron chi connectivity index (χ0n) is 18.0. The third-order valence-corrected chi connectivity index (χ3v) is 5.78. The molecule has 0 unspecified atom stereocenters. The van der Waals surface area contributed by atoms with Crippen molar-refractivity contribution in [3.8, 4) is 33.4 Å². The number of halogens is 2. The fraction of sp³-hybridized carbons (Fsp3) is 0.172. The molecule has 0 aliphatic rings. The Bertz CT molecular complexity index is 1160. The van der Waals surface area contributed by atoms with Gasteiger partial charge in [0.25, 0.3) is 0 Å². The molecule has 0 atom stereocenters. The van der Waals surface area contributed by atoms with Crippen LogP contribution < -0.4 is 0 Å². The van der Waals surface area contributed by atoms with Crippen LogP contribution in [0, 0.1) is 11.6 Å². The highest BCUT2D eigenvalue weighted by molar-refractivity contribution is 5.74. The Labute approximate surface area is 183 Å². The Balaban J connectivity index is 1.61. The lowest BCUT2D eigenvalue weighted by Crippen LogP contribution is -1.94. The molecule has 0 aliphatic heterocycles. The summed E-state index contributed by atoms with van der Waals surface area (Å²) in [5.74, 6) is -1.62. The number of rotatable bonds is 6. The Morgan fingerprint density at radius 1 is 0.484 bits per heavy atom. The lowest BCUT2D eigenvalue weighted by molar-refractivity contribution is 0.514. The van der Waals surface area contributed by atoms with Gasteiger partial charge < -0.3 is 0 Å². The third-order valence-electron chi connectivity index (χ3n) is 5.78. The third kappa shape index (κ3) is 4.44. The molecule has 4 rings (SSSR count). The zero-order valence-corrected chi connectivity index (χ0v) is 18.0. The molecule has 156 valence electrons. The van der Waals surface area contributed by atoms with Gasteiger partial charge in [-0.05, 0) is 46.2 Å². The Morgan fingerprint density at radius 2 is 0.871 bits per heavy atom. The summed E-state index contributed by atoms with van der Waals surface area (Å²) in [6.45, 7) is 4.24. The molecule has 0 aliphatic carbocycles. The van der Waals surface area contributed by atoms with Crippen LogP contribution in [0.5, 0.6) is 0 Å². The van der Waals surface area contributed by atoms with Crippen LogP contribution in [-0.4, -0.2) is 0 Å². The smallest absolute Gasteiger partial charge is 0.167 e. The van der Waals surface area contributed by atoms with E-state index in [4.69, 9.17) is 0 Å². The standard InChI is InChI=1S/C29H26F2/c1-3-5-21-8-10-22(11-9-21)23-14-16-25(17-15-23)27-19-18-26(28(30)29(27)31)24-12-6-20(4-2)7-13-24/h6-19H,3-5H2,1-2H3. The van der Waals surface area contributed by atoms with Gasteiger partial charge in [-0.1, -0.05) is 105 Å². The molecule has 31 heavy (non-hydrogen) atoms. The Kier molecular flexibility index (Phi) is 6.27. The van der Waals surface area contributed by atoms with Gasteiger partial charge in [-0.15, -0.1) is 0 Å². The molecule has 2 heteroatoms. The monoisotopic (exact) mass is 412 g/mol. The lowest BCUT2D eigenvalue weighted by atomic mass is 9.96. The van der Waals surface area contributed by atoms with Gasteiger partial charge in [0.2, 0.25) is 0 Å². The minimum Gasteiger partial charge on any atom is -0.203 e. The van der Waals surface area contributed by atoms with Gasteiger partial charge in [0.05, 0.1) is 0 Å². The number of hydrogen-bond acceptors (Lipinski definition) is 0. The van der Waals surface area contributed by atoms with Crippen molar-refractivity contribution in [2.45, 2.75) is 33.1 Å². The normalized spacial score (nSPS) is 11.0. The number of aryl methyl sites for hydroxylation is 2. The second-order valence-corrected chi connectivity index (χ2v) is 7.86. The van der Waals surface area contributed by atoms with Crippen LogP contribution in [-0.2, 0) is 12.8 Å². The highest BCUT2D eigenvalue weighted by Crippen LogP contribution is 2.32. The maximum Gasteiger partial charge on any atom is 0.167 e. The van der Waals surface area contributed by atoms with Crippen molar-refractivity contribution in [3.63, 3.8) is 0 Å². The first-order valence-electron chi connectivity index (χ1n) is 10.9. The molecule has 0 nitrogen and oxygen atoms in total. The van der Waals surface area contributed by atoms with Crippen molar-refractivity contribution < 1.29 is 8.78 Å². The maximum atomic E-state index is 14.9. The van der Waals surface area contributed by atoms with Crippen LogP contribution in [0.1, 0.15) is 31.4 Å². The second-order valence-electron chi connectivity index (χ2n) is 7.86. The minimum absolute atomic E-state index is 0.274. The average Bonchev–Trinajstić information content (AvgIpc) is 2.82. The molecule has 0 N–H and O–H groups in total. The van der Waals surface area contributed by atoms with Crippen LogP contribution in [0.2, 0.25) is 0 Å². The Hall–Kier alpha value is -3.26. The molecule has 0 fully saturated rings. The van der Waals surface area contributed by atoms with E-state index in [2.05, 4.69) is 38.1 Å². The van der Waals surface area contributed by atoms with E-state index in [0.29, 0.717) is 11.1 Å². The quantitative estimate of drug-likeness (QED) is 0.298. The summed E-state index contributed by atoms with van der Waals surface area (Å²) >= 11 is 0. The van der Waals surface area contributed by atoms with E-state index >= 15 is 0 Å². The van der Waals surface area contributed by atoms with Crippen LogP contribution >= 0.6 is 0 Å². The predicted molar refractivity (Wildman–Crippen MR) is 126 cm³/mol. The van der Waals surface area contributed by atoms with E-state index in [1.165, 1.54) is 11.1 Å². The van der Waals surface area contributed by atoms with Crippen LogP contribution in [0.3, 0.4) is 0 Å². The fourth-order valence-electron chi connectivity index (χ4n) is 3.91. The summed E-state index contributed by atoms with van der Waals surface area (Å²) in [7, 11) is 0. The summed E-state index contributed by atoms with van der Waals surface area (Å²) in [5, 5.41) is 0. The van der Waals surface area contributed by atoms with E-state index in [0.717, 1.165) is 30.4 Å². The van der Waals surface area contributed by atoms with Crippen molar-refractivity contribution in [1.82, 2.24) is 0 Å². The predicted octanol–water partition coefficient (Wildman–Crippen LogP) is 8.48. The lowest BCUT2D eigenvalue weighted by Gasteiger charge is -2.11. The molecule has 0 saturated heterocycles. The van der Waals surface area contributed by atoms with Gasteiger partial charge in [0, 0.05) is 11.1 Å². The molecular formula is C29H26F2. The second kappa shape index (κ2) is 9.26. The van der Waals surface area contributed by atoms with E-state index in [9.17, 15) is 8.78 Å². The first-order valence-corrected chi connectivity index (χ1v) is 10.9. The summed E-state index contributed by atoms with van der Waals surface area (Å²) in [6, 6.07) is 27.0. The van der Waals surface area contributed by atoms with E-state index in [-0.39, 0.29) is 11.1 Å². The maximum absolute atomic E-state index is 14.9. The first-order chi connectivity index (χ1) is 15.1. The molecule has 0 radical (unpaired) electrons. The molecule has 0 heterocycles. The van der Waals surface area contributed by atoms with Crippen molar-refractivity contribution in [3.05, 3.63) is 108 Å². The molecule has 4 aromatic rings. The van der Waals surface area contributed by atoms with Gasteiger partial charge in [0.15, 0.2) is 11.6 Å². The van der Waals surface area contributed by atoms with Gasteiger partial charge in [-0.3, -0.25) is 0 Å². The van der Waals surface area contributed by atoms with Crippen molar-refractivity contribution in [2.75, 3.05) is 0 Å².